The first-order valence-electron chi connectivity index (χ1n) is 8.96. The molecule has 1 atom stereocenters. The van der Waals surface area contributed by atoms with E-state index in [-0.39, 0.29) is 17.9 Å². The van der Waals surface area contributed by atoms with Crippen molar-refractivity contribution in [2.45, 2.75) is 25.7 Å². The molecule has 2 aliphatic heterocycles. The van der Waals surface area contributed by atoms with Crippen molar-refractivity contribution in [1.29, 1.82) is 0 Å². The molecule has 3 amide bonds. The van der Waals surface area contributed by atoms with E-state index in [4.69, 9.17) is 0 Å². The fourth-order valence-corrected chi connectivity index (χ4v) is 3.83. The van der Waals surface area contributed by atoms with Crippen LogP contribution in [0.2, 0.25) is 0 Å². The van der Waals surface area contributed by atoms with Crippen LogP contribution in [0.5, 0.6) is 0 Å². The third kappa shape index (κ3) is 3.89. The van der Waals surface area contributed by atoms with E-state index in [1.54, 1.807) is 7.05 Å². The Morgan fingerprint density at radius 3 is 2.38 bits per heavy atom. The molecular weight excluding hydrogens is 302 g/mol. The van der Waals surface area contributed by atoms with Gasteiger partial charge in [-0.2, -0.15) is 0 Å². The van der Waals surface area contributed by atoms with Crippen LogP contribution in [0.3, 0.4) is 0 Å². The third-order valence-corrected chi connectivity index (χ3v) is 5.33. The van der Waals surface area contributed by atoms with Gasteiger partial charge >= 0.3 is 6.03 Å². The standard InChI is InChI=1S/C19H27N3O2/c1-20-18(23)17-9-12-22(14-17)19(24)21-10-7-16(8-11-21)13-15-5-3-2-4-6-15/h2-6,16-17H,7-14H2,1H3,(H,20,23). The van der Waals surface area contributed by atoms with Crippen LogP contribution in [0, 0.1) is 11.8 Å². The maximum atomic E-state index is 12.6. The molecule has 0 radical (unpaired) electrons. The molecule has 0 spiro atoms. The molecule has 1 aromatic rings. The maximum Gasteiger partial charge on any atom is 0.320 e. The van der Waals surface area contributed by atoms with Crippen LogP contribution >= 0.6 is 0 Å². The molecule has 1 N–H and O–H groups in total. The molecule has 2 saturated heterocycles. The normalized spacial score (nSPS) is 21.8. The SMILES string of the molecule is CNC(=O)C1CCN(C(=O)N2CCC(Cc3ccccc3)CC2)C1. The lowest BCUT2D eigenvalue weighted by Crippen LogP contribution is -2.46. The van der Waals surface area contributed by atoms with Crippen LogP contribution in [-0.2, 0) is 11.2 Å². The number of urea groups is 1. The second-order valence-electron chi connectivity index (χ2n) is 6.95. The Kier molecular flexibility index (Phi) is 5.38. The highest BCUT2D eigenvalue weighted by molar-refractivity contribution is 5.81. The fourth-order valence-electron chi connectivity index (χ4n) is 3.83. The minimum atomic E-state index is -0.0467. The largest absolute Gasteiger partial charge is 0.359 e. The predicted molar refractivity (Wildman–Crippen MR) is 93.6 cm³/mol. The van der Waals surface area contributed by atoms with Gasteiger partial charge in [-0.15, -0.1) is 0 Å². The summed E-state index contributed by atoms with van der Waals surface area (Å²) in [5.41, 5.74) is 1.38. The number of carbonyl (C=O) groups is 2. The zero-order valence-corrected chi connectivity index (χ0v) is 14.4. The lowest BCUT2D eigenvalue weighted by atomic mass is 9.90. The van der Waals surface area contributed by atoms with Gasteiger partial charge in [0.1, 0.15) is 0 Å². The lowest BCUT2D eigenvalue weighted by Gasteiger charge is -2.34. The molecule has 2 aliphatic rings. The van der Waals surface area contributed by atoms with Crippen molar-refractivity contribution in [3.8, 4) is 0 Å². The Bertz CT molecular complexity index is 567. The highest BCUT2D eigenvalue weighted by Gasteiger charge is 2.33. The smallest absolute Gasteiger partial charge is 0.320 e. The number of hydrogen-bond donors (Lipinski definition) is 1. The molecule has 2 heterocycles. The summed E-state index contributed by atoms with van der Waals surface area (Å²) in [6, 6.07) is 10.7. The number of nitrogens with zero attached hydrogens (tertiary/aromatic N) is 2. The molecule has 5 heteroatoms. The van der Waals surface area contributed by atoms with Crippen molar-refractivity contribution < 1.29 is 9.59 Å². The minimum absolute atomic E-state index is 0.0467. The summed E-state index contributed by atoms with van der Waals surface area (Å²) in [7, 11) is 1.66. The molecule has 0 aromatic heterocycles. The number of hydrogen-bond acceptors (Lipinski definition) is 2. The molecule has 130 valence electrons. The van der Waals surface area contributed by atoms with Crippen molar-refractivity contribution >= 4 is 11.9 Å². The van der Waals surface area contributed by atoms with Crippen molar-refractivity contribution in [2.24, 2.45) is 11.8 Å². The summed E-state index contributed by atoms with van der Waals surface area (Å²) in [6.07, 6.45) is 4.00. The molecule has 1 unspecified atom stereocenters. The van der Waals surface area contributed by atoms with E-state index in [1.807, 2.05) is 15.9 Å². The van der Waals surface area contributed by atoms with Gasteiger partial charge < -0.3 is 15.1 Å². The predicted octanol–water partition coefficient (Wildman–Crippen LogP) is 2.13. The number of likely N-dealkylation sites (tertiary alicyclic amines) is 2. The van der Waals surface area contributed by atoms with Crippen LogP contribution in [0.4, 0.5) is 4.79 Å². The number of carbonyl (C=O) groups excluding carboxylic acids is 2. The van der Waals surface area contributed by atoms with Crippen molar-refractivity contribution in [2.75, 3.05) is 33.2 Å². The van der Waals surface area contributed by atoms with E-state index in [9.17, 15) is 9.59 Å². The monoisotopic (exact) mass is 329 g/mol. The topological polar surface area (TPSA) is 52.7 Å². The first kappa shape index (κ1) is 16.8. The molecule has 0 bridgehead atoms. The molecule has 0 aliphatic carbocycles. The molecule has 3 rings (SSSR count). The van der Waals surface area contributed by atoms with Gasteiger partial charge in [-0.25, -0.2) is 4.79 Å². The molecule has 24 heavy (non-hydrogen) atoms. The zero-order chi connectivity index (χ0) is 16.9. The molecule has 5 nitrogen and oxygen atoms in total. The molecule has 1 aromatic carbocycles. The van der Waals surface area contributed by atoms with E-state index >= 15 is 0 Å². The Labute approximate surface area is 144 Å². The molecular formula is C19H27N3O2. The van der Waals surface area contributed by atoms with Gasteiger partial charge in [-0.05, 0) is 37.2 Å². The number of piperidine rings is 1. The summed E-state index contributed by atoms with van der Waals surface area (Å²) < 4.78 is 0. The Morgan fingerprint density at radius 2 is 1.71 bits per heavy atom. The van der Waals surface area contributed by atoms with Gasteiger partial charge in [-0.3, -0.25) is 4.79 Å². The minimum Gasteiger partial charge on any atom is -0.359 e. The Balaban J connectivity index is 1.46. The average Bonchev–Trinajstić information content (AvgIpc) is 3.12. The zero-order valence-electron chi connectivity index (χ0n) is 14.4. The van der Waals surface area contributed by atoms with Crippen LogP contribution in [0.25, 0.3) is 0 Å². The van der Waals surface area contributed by atoms with Crippen molar-refractivity contribution in [3.05, 3.63) is 35.9 Å². The molecule has 2 fully saturated rings. The van der Waals surface area contributed by atoms with E-state index in [0.29, 0.717) is 19.0 Å². The van der Waals surface area contributed by atoms with Crippen LogP contribution in [0.15, 0.2) is 30.3 Å². The van der Waals surface area contributed by atoms with Gasteiger partial charge in [0.2, 0.25) is 5.91 Å². The Hall–Kier alpha value is -2.04. The number of nitrogens with one attached hydrogen (secondary N) is 1. The highest BCUT2D eigenvalue weighted by Crippen LogP contribution is 2.24. The number of benzene rings is 1. The summed E-state index contributed by atoms with van der Waals surface area (Å²) >= 11 is 0. The second kappa shape index (κ2) is 7.69. The van der Waals surface area contributed by atoms with Gasteiger partial charge in [0.25, 0.3) is 0 Å². The number of rotatable bonds is 3. The summed E-state index contributed by atoms with van der Waals surface area (Å²) in [5, 5.41) is 2.68. The molecule has 0 saturated carbocycles. The first-order valence-corrected chi connectivity index (χ1v) is 8.96. The van der Waals surface area contributed by atoms with E-state index in [2.05, 4.69) is 29.6 Å². The summed E-state index contributed by atoms with van der Waals surface area (Å²) in [4.78, 5) is 28.2. The van der Waals surface area contributed by atoms with Gasteiger partial charge in [-0.1, -0.05) is 30.3 Å². The van der Waals surface area contributed by atoms with Crippen LogP contribution in [-0.4, -0.2) is 55.0 Å². The summed E-state index contributed by atoms with van der Waals surface area (Å²) in [6.45, 7) is 2.91. The van der Waals surface area contributed by atoms with Crippen molar-refractivity contribution in [1.82, 2.24) is 15.1 Å². The lowest BCUT2D eigenvalue weighted by molar-refractivity contribution is -0.124. The first-order chi connectivity index (χ1) is 11.7. The quantitative estimate of drug-likeness (QED) is 0.923. The van der Waals surface area contributed by atoms with Crippen LogP contribution < -0.4 is 5.32 Å². The van der Waals surface area contributed by atoms with Crippen molar-refractivity contribution in [3.63, 3.8) is 0 Å². The van der Waals surface area contributed by atoms with E-state index in [1.165, 1.54) is 5.56 Å². The highest BCUT2D eigenvalue weighted by atomic mass is 16.2. The van der Waals surface area contributed by atoms with E-state index < -0.39 is 0 Å². The number of amides is 3. The fraction of sp³-hybridized carbons (Fsp3) is 0.579. The van der Waals surface area contributed by atoms with Gasteiger partial charge in [0.05, 0.1) is 5.92 Å². The summed E-state index contributed by atoms with van der Waals surface area (Å²) in [5.74, 6) is 0.662. The van der Waals surface area contributed by atoms with Gasteiger partial charge in [0, 0.05) is 33.2 Å². The van der Waals surface area contributed by atoms with Crippen LogP contribution in [0.1, 0.15) is 24.8 Å². The van der Waals surface area contributed by atoms with Gasteiger partial charge in [0.15, 0.2) is 0 Å². The second-order valence-corrected chi connectivity index (χ2v) is 6.95. The third-order valence-electron chi connectivity index (χ3n) is 5.33. The maximum absolute atomic E-state index is 12.6. The Morgan fingerprint density at radius 1 is 1.04 bits per heavy atom. The van der Waals surface area contributed by atoms with E-state index in [0.717, 1.165) is 38.8 Å². The average molecular weight is 329 g/mol.